The van der Waals surface area contributed by atoms with Gasteiger partial charge >= 0.3 is 6.18 Å². The molecule has 1 aromatic carbocycles. The molecule has 5 nitrogen and oxygen atoms in total. The molecule has 0 radical (unpaired) electrons. The van der Waals surface area contributed by atoms with E-state index in [-0.39, 0.29) is 30.1 Å². The summed E-state index contributed by atoms with van der Waals surface area (Å²) in [6.45, 7) is 3.71. The normalized spacial score (nSPS) is 16.7. The quantitative estimate of drug-likeness (QED) is 0.641. The van der Waals surface area contributed by atoms with Gasteiger partial charge in [-0.15, -0.1) is 0 Å². The molecule has 0 spiro atoms. The second kappa shape index (κ2) is 8.49. The van der Waals surface area contributed by atoms with Crippen molar-refractivity contribution in [3.63, 3.8) is 0 Å². The summed E-state index contributed by atoms with van der Waals surface area (Å²) < 4.78 is 44.3. The van der Waals surface area contributed by atoms with Crippen molar-refractivity contribution in [2.45, 2.75) is 39.1 Å². The van der Waals surface area contributed by atoms with Crippen LogP contribution in [-0.4, -0.2) is 29.2 Å². The molecule has 0 N–H and O–H groups in total. The van der Waals surface area contributed by atoms with Crippen LogP contribution < -0.4 is 0 Å². The molecule has 1 aromatic heterocycles. The topological polar surface area (TPSA) is 55.0 Å². The lowest BCUT2D eigenvalue weighted by Crippen LogP contribution is -2.39. The van der Waals surface area contributed by atoms with Crippen molar-refractivity contribution in [3.05, 3.63) is 58.5 Å². The fourth-order valence-corrected chi connectivity index (χ4v) is 3.20. The molecule has 9 heteroatoms. The molecule has 0 bridgehead atoms. The van der Waals surface area contributed by atoms with Crippen molar-refractivity contribution in [2.24, 2.45) is 11.1 Å². The summed E-state index contributed by atoms with van der Waals surface area (Å²) in [5.41, 5.74) is 0.216. The smallest absolute Gasteiger partial charge is 0.416 e. The molecule has 0 unspecified atom stereocenters. The van der Waals surface area contributed by atoms with Gasteiger partial charge in [-0.3, -0.25) is 4.79 Å². The number of amides is 1. The molecule has 0 saturated heterocycles. The van der Waals surface area contributed by atoms with Crippen LogP contribution in [0.1, 0.15) is 37.2 Å². The highest BCUT2D eigenvalue weighted by atomic mass is 35.5. The predicted octanol–water partition coefficient (Wildman–Crippen LogP) is 5.13. The molecule has 0 aliphatic carbocycles. The Kier molecular flexibility index (Phi) is 6.21. The van der Waals surface area contributed by atoms with Gasteiger partial charge in [-0.25, -0.2) is 0 Å². The molecule has 3 rings (SSSR count). The Hall–Kier alpha value is -2.48. The summed E-state index contributed by atoms with van der Waals surface area (Å²) >= 11 is 5.78. The number of rotatable bonds is 6. The lowest BCUT2D eigenvalue weighted by molar-refractivity contribution is -0.137. The van der Waals surface area contributed by atoms with Gasteiger partial charge < -0.3 is 14.2 Å². The summed E-state index contributed by atoms with van der Waals surface area (Å²) in [6.07, 6.45) is -4.47. The van der Waals surface area contributed by atoms with Crippen LogP contribution in [0.3, 0.4) is 0 Å². The highest BCUT2D eigenvalue weighted by molar-refractivity contribution is 6.29. The maximum absolute atomic E-state index is 13.0. The van der Waals surface area contributed by atoms with Crippen LogP contribution in [0, 0.1) is 5.92 Å². The number of carbonyl (C=O) groups excluding carboxylic acids is 1. The molecule has 0 saturated carbocycles. The van der Waals surface area contributed by atoms with Crippen LogP contribution in [0.2, 0.25) is 5.22 Å². The lowest BCUT2D eigenvalue weighted by Gasteiger charge is -2.27. The SMILES string of the molecule is CC(C)C(=O)N(Cc1cccc(C(F)(F)F)c1)C[C@H]1CC(c2ccc(Cl)o2)=NO1. The van der Waals surface area contributed by atoms with Crippen LogP contribution in [0.25, 0.3) is 0 Å². The van der Waals surface area contributed by atoms with Crippen molar-refractivity contribution >= 4 is 23.2 Å². The first-order chi connectivity index (χ1) is 13.6. The molecule has 29 heavy (non-hydrogen) atoms. The molecule has 0 fully saturated rings. The zero-order valence-electron chi connectivity index (χ0n) is 15.9. The van der Waals surface area contributed by atoms with Gasteiger partial charge in [0, 0.05) is 18.9 Å². The van der Waals surface area contributed by atoms with E-state index in [1.165, 1.54) is 11.0 Å². The second-order valence-electron chi connectivity index (χ2n) is 7.14. The van der Waals surface area contributed by atoms with Crippen LogP contribution in [-0.2, 0) is 22.4 Å². The van der Waals surface area contributed by atoms with E-state index in [0.29, 0.717) is 23.5 Å². The van der Waals surface area contributed by atoms with Crippen LogP contribution >= 0.6 is 11.6 Å². The van der Waals surface area contributed by atoms with Crippen LogP contribution in [0.15, 0.2) is 46.0 Å². The Labute approximate surface area is 171 Å². The summed E-state index contributed by atoms with van der Waals surface area (Å²) in [5, 5.41) is 4.22. The third-order valence-corrected chi connectivity index (χ3v) is 4.65. The predicted molar refractivity (Wildman–Crippen MR) is 101 cm³/mol. The number of nitrogens with zero attached hydrogens (tertiary/aromatic N) is 2. The molecule has 1 atom stereocenters. The molecule has 1 amide bonds. The van der Waals surface area contributed by atoms with Gasteiger partial charge in [0.25, 0.3) is 0 Å². The van der Waals surface area contributed by atoms with Gasteiger partial charge in [-0.2, -0.15) is 13.2 Å². The number of hydrogen-bond acceptors (Lipinski definition) is 4. The summed E-state index contributed by atoms with van der Waals surface area (Å²) in [4.78, 5) is 19.6. The lowest BCUT2D eigenvalue weighted by atomic mass is 10.1. The number of oxime groups is 1. The number of halogens is 4. The monoisotopic (exact) mass is 428 g/mol. The van der Waals surface area contributed by atoms with Crippen molar-refractivity contribution in [2.75, 3.05) is 6.54 Å². The van der Waals surface area contributed by atoms with Gasteiger partial charge in [0.05, 0.1) is 12.1 Å². The Morgan fingerprint density at radius 1 is 1.31 bits per heavy atom. The third kappa shape index (κ3) is 5.32. The van der Waals surface area contributed by atoms with Gasteiger partial charge in [0.2, 0.25) is 5.91 Å². The van der Waals surface area contributed by atoms with Crippen molar-refractivity contribution in [1.82, 2.24) is 4.90 Å². The maximum Gasteiger partial charge on any atom is 0.416 e. The van der Waals surface area contributed by atoms with Crippen molar-refractivity contribution in [1.29, 1.82) is 0 Å². The van der Waals surface area contributed by atoms with E-state index in [1.54, 1.807) is 32.0 Å². The van der Waals surface area contributed by atoms with Crippen molar-refractivity contribution in [3.8, 4) is 0 Å². The highest BCUT2D eigenvalue weighted by Crippen LogP contribution is 2.30. The second-order valence-corrected chi connectivity index (χ2v) is 7.52. The van der Waals surface area contributed by atoms with Gasteiger partial charge in [-0.1, -0.05) is 31.1 Å². The standard InChI is InChI=1S/C20H20ClF3N2O3/c1-12(2)19(27)26(10-13-4-3-5-14(8-13)20(22,23)24)11-15-9-16(25-29-15)17-6-7-18(21)28-17/h3-8,12,15H,9-11H2,1-2H3/t15-/m1/s1. The van der Waals surface area contributed by atoms with Gasteiger partial charge in [-0.05, 0) is 41.4 Å². The Morgan fingerprint density at radius 3 is 2.69 bits per heavy atom. The van der Waals surface area contributed by atoms with Crippen molar-refractivity contribution < 1.29 is 27.2 Å². The Bertz CT molecular complexity index is 908. The summed E-state index contributed by atoms with van der Waals surface area (Å²) in [7, 11) is 0. The van der Waals surface area contributed by atoms with E-state index < -0.39 is 17.8 Å². The average Bonchev–Trinajstić information content (AvgIpc) is 3.29. The largest absolute Gasteiger partial charge is 0.443 e. The average molecular weight is 429 g/mol. The number of hydrogen-bond donors (Lipinski definition) is 0. The van der Waals surface area contributed by atoms with Crippen LogP contribution in [0.4, 0.5) is 13.2 Å². The molecule has 2 aromatic rings. The fourth-order valence-electron chi connectivity index (χ4n) is 3.05. The number of alkyl halides is 3. The van der Waals surface area contributed by atoms with E-state index >= 15 is 0 Å². The first-order valence-corrected chi connectivity index (χ1v) is 9.44. The van der Waals surface area contributed by atoms with Gasteiger partial charge in [0.15, 0.2) is 17.1 Å². The molecular formula is C20H20ClF3N2O3. The van der Waals surface area contributed by atoms with E-state index in [4.69, 9.17) is 20.9 Å². The Morgan fingerprint density at radius 2 is 2.07 bits per heavy atom. The molecular weight excluding hydrogens is 409 g/mol. The van der Waals surface area contributed by atoms with Gasteiger partial charge in [0.1, 0.15) is 5.71 Å². The minimum Gasteiger partial charge on any atom is -0.443 e. The summed E-state index contributed by atoms with van der Waals surface area (Å²) in [5.74, 6) is -0.0101. The summed E-state index contributed by atoms with van der Waals surface area (Å²) in [6, 6.07) is 8.24. The maximum atomic E-state index is 13.0. The van der Waals surface area contributed by atoms with E-state index in [0.717, 1.165) is 12.1 Å². The number of carbonyl (C=O) groups is 1. The molecule has 1 aliphatic rings. The Balaban J connectivity index is 1.71. The first kappa shape index (κ1) is 21.2. The minimum absolute atomic E-state index is 0.0444. The molecule has 2 heterocycles. The third-order valence-electron chi connectivity index (χ3n) is 4.45. The number of benzene rings is 1. The highest BCUT2D eigenvalue weighted by Gasteiger charge is 2.32. The molecule has 156 valence electrons. The minimum atomic E-state index is -4.44. The molecule has 1 aliphatic heterocycles. The van der Waals surface area contributed by atoms with Crippen LogP contribution in [0.5, 0.6) is 0 Å². The van der Waals surface area contributed by atoms with E-state index in [9.17, 15) is 18.0 Å². The number of furan rings is 1. The zero-order valence-corrected chi connectivity index (χ0v) is 16.6. The zero-order chi connectivity index (χ0) is 21.2. The van der Waals surface area contributed by atoms with E-state index in [1.807, 2.05) is 0 Å². The first-order valence-electron chi connectivity index (χ1n) is 9.07. The fraction of sp³-hybridized carbons (Fsp3) is 0.400. The van der Waals surface area contributed by atoms with E-state index in [2.05, 4.69) is 5.16 Å².